The molecule has 4 rings (SSSR count). The lowest BCUT2D eigenvalue weighted by Crippen LogP contribution is -2.24. The van der Waals surface area contributed by atoms with E-state index in [-0.39, 0.29) is 5.91 Å². The summed E-state index contributed by atoms with van der Waals surface area (Å²) in [6.45, 7) is 1.15. The SMILES string of the molecule is COCCCNC(=O)c1ccc(-c2nn3c(NC4CC4)ccnc3c2C=O)s1. The Labute approximate surface area is 165 Å². The summed E-state index contributed by atoms with van der Waals surface area (Å²) in [5.74, 6) is 0.674. The summed E-state index contributed by atoms with van der Waals surface area (Å²) in [7, 11) is 1.63. The fourth-order valence-corrected chi connectivity index (χ4v) is 3.81. The van der Waals surface area contributed by atoms with E-state index in [4.69, 9.17) is 4.74 Å². The van der Waals surface area contributed by atoms with E-state index >= 15 is 0 Å². The van der Waals surface area contributed by atoms with Gasteiger partial charge in [-0.25, -0.2) is 4.98 Å². The second kappa shape index (κ2) is 8.07. The number of carbonyl (C=O) groups excluding carboxylic acids is 2. The molecule has 0 radical (unpaired) electrons. The van der Waals surface area contributed by atoms with Crippen molar-refractivity contribution in [3.63, 3.8) is 0 Å². The molecule has 1 fully saturated rings. The number of carbonyl (C=O) groups is 2. The van der Waals surface area contributed by atoms with Crippen LogP contribution in [-0.4, -0.2) is 53.1 Å². The molecule has 146 valence electrons. The van der Waals surface area contributed by atoms with Gasteiger partial charge in [-0.05, 0) is 37.5 Å². The van der Waals surface area contributed by atoms with E-state index in [1.165, 1.54) is 11.3 Å². The average Bonchev–Trinajstić information content (AvgIpc) is 3.24. The van der Waals surface area contributed by atoms with Crippen LogP contribution >= 0.6 is 11.3 Å². The lowest BCUT2D eigenvalue weighted by atomic mass is 10.2. The van der Waals surface area contributed by atoms with Crippen molar-refractivity contribution in [2.75, 3.05) is 25.6 Å². The summed E-state index contributed by atoms with van der Waals surface area (Å²) in [6, 6.07) is 5.87. The van der Waals surface area contributed by atoms with Gasteiger partial charge in [0.2, 0.25) is 0 Å². The molecule has 0 unspecified atom stereocenters. The molecule has 3 heterocycles. The molecule has 0 bridgehead atoms. The highest BCUT2D eigenvalue weighted by Gasteiger charge is 2.24. The van der Waals surface area contributed by atoms with Gasteiger partial charge in [-0.15, -0.1) is 11.3 Å². The number of anilines is 1. The molecule has 2 N–H and O–H groups in total. The molecule has 0 spiro atoms. The van der Waals surface area contributed by atoms with Crippen molar-refractivity contribution < 1.29 is 14.3 Å². The Morgan fingerprint density at radius 3 is 3.00 bits per heavy atom. The third kappa shape index (κ3) is 3.76. The summed E-state index contributed by atoms with van der Waals surface area (Å²) in [4.78, 5) is 29.7. The highest BCUT2D eigenvalue weighted by Crippen LogP contribution is 2.32. The van der Waals surface area contributed by atoms with Crippen molar-refractivity contribution in [1.29, 1.82) is 0 Å². The zero-order valence-electron chi connectivity index (χ0n) is 15.5. The maximum atomic E-state index is 12.3. The zero-order valence-corrected chi connectivity index (χ0v) is 16.3. The van der Waals surface area contributed by atoms with Gasteiger partial charge in [-0.1, -0.05) is 0 Å². The highest BCUT2D eigenvalue weighted by atomic mass is 32.1. The Morgan fingerprint density at radius 1 is 1.39 bits per heavy atom. The molecule has 1 saturated carbocycles. The van der Waals surface area contributed by atoms with Crippen molar-refractivity contribution in [3.8, 4) is 10.6 Å². The fourth-order valence-electron chi connectivity index (χ4n) is 2.89. The third-order valence-electron chi connectivity index (χ3n) is 4.48. The fraction of sp³-hybridized carbons (Fsp3) is 0.368. The molecule has 8 nitrogen and oxygen atoms in total. The van der Waals surface area contributed by atoms with Gasteiger partial charge in [0.25, 0.3) is 5.91 Å². The summed E-state index contributed by atoms with van der Waals surface area (Å²) >= 11 is 1.31. The molecule has 0 saturated heterocycles. The average molecular weight is 399 g/mol. The Morgan fingerprint density at radius 2 is 2.25 bits per heavy atom. The number of aldehydes is 1. The Kier molecular flexibility index (Phi) is 5.36. The van der Waals surface area contributed by atoms with E-state index in [0.717, 1.165) is 36.2 Å². The van der Waals surface area contributed by atoms with E-state index in [1.54, 1.807) is 23.9 Å². The van der Waals surface area contributed by atoms with Crippen LogP contribution in [0.25, 0.3) is 16.2 Å². The normalized spacial score (nSPS) is 13.6. The number of aromatic nitrogens is 3. The van der Waals surface area contributed by atoms with Gasteiger partial charge in [0.05, 0.1) is 15.3 Å². The Bertz CT molecular complexity index is 1010. The number of thiophene rings is 1. The summed E-state index contributed by atoms with van der Waals surface area (Å²) in [6.07, 6.45) is 5.46. The molecular formula is C19H21N5O3S. The molecule has 0 aliphatic heterocycles. The molecule has 0 atom stereocenters. The van der Waals surface area contributed by atoms with E-state index in [2.05, 4.69) is 20.7 Å². The van der Waals surface area contributed by atoms with E-state index in [9.17, 15) is 9.59 Å². The van der Waals surface area contributed by atoms with Crippen LogP contribution in [0.2, 0.25) is 0 Å². The minimum absolute atomic E-state index is 0.141. The first kappa shape index (κ1) is 18.6. The molecule has 1 aliphatic carbocycles. The predicted molar refractivity (Wildman–Crippen MR) is 107 cm³/mol. The van der Waals surface area contributed by atoms with E-state index in [1.807, 2.05) is 12.1 Å². The van der Waals surface area contributed by atoms with Crippen molar-refractivity contribution >= 4 is 35.0 Å². The summed E-state index contributed by atoms with van der Waals surface area (Å²) in [5, 5.41) is 10.9. The summed E-state index contributed by atoms with van der Waals surface area (Å²) < 4.78 is 6.65. The van der Waals surface area contributed by atoms with Crippen molar-refractivity contribution in [2.24, 2.45) is 0 Å². The van der Waals surface area contributed by atoms with Crippen LogP contribution in [0.1, 0.15) is 39.3 Å². The maximum absolute atomic E-state index is 12.3. The molecular weight excluding hydrogens is 378 g/mol. The van der Waals surface area contributed by atoms with Gasteiger partial charge >= 0.3 is 0 Å². The first-order valence-electron chi connectivity index (χ1n) is 9.18. The van der Waals surface area contributed by atoms with Crippen LogP contribution in [0.15, 0.2) is 24.4 Å². The lowest BCUT2D eigenvalue weighted by molar-refractivity contribution is 0.0952. The van der Waals surface area contributed by atoms with Crippen molar-refractivity contribution in [1.82, 2.24) is 19.9 Å². The first-order valence-corrected chi connectivity index (χ1v) is 9.99. The zero-order chi connectivity index (χ0) is 19.5. The standard InChI is InChI=1S/C19H21N5O3S/c1-27-10-2-8-21-19(26)15-6-5-14(28-15)17-13(11-25)18-20-9-7-16(24(18)23-17)22-12-3-4-12/h5-7,9,11-12,22H,2-4,8,10H2,1H3,(H,21,26). The van der Waals surface area contributed by atoms with Gasteiger partial charge in [-0.2, -0.15) is 9.61 Å². The number of fused-ring (bicyclic) bond motifs is 1. The molecule has 3 aromatic rings. The minimum atomic E-state index is -0.141. The van der Waals surface area contributed by atoms with Crippen LogP contribution in [0.3, 0.4) is 0 Å². The second-order valence-corrected chi connectivity index (χ2v) is 7.71. The third-order valence-corrected chi connectivity index (χ3v) is 5.57. The number of nitrogens with zero attached hydrogens (tertiary/aromatic N) is 3. The van der Waals surface area contributed by atoms with Gasteiger partial charge in [0.15, 0.2) is 11.9 Å². The van der Waals surface area contributed by atoms with Crippen molar-refractivity contribution in [3.05, 3.63) is 34.8 Å². The van der Waals surface area contributed by atoms with E-state index in [0.29, 0.717) is 41.0 Å². The van der Waals surface area contributed by atoms with Crippen LogP contribution in [0, 0.1) is 0 Å². The van der Waals surface area contributed by atoms with Gasteiger partial charge in [-0.3, -0.25) is 9.59 Å². The van der Waals surface area contributed by atoms with E-state index < -0.39 is 0 Å². The number of rotatable bonds is 9. The molecule has 0 aromatic carbocycles. The second-order valence-electron chi connectivity index (χ2n) is 6.63. The van der Waals surface area contributed by atoms with Crippen LogP contribution < -0.4 is 10.6 Å². The van der Waals surface area contributed by atoms with Gasteiger partial charge in [0.1, 0.15) is 11.5 Å². The number of amides is 1. The molecule has 3 aromatic heterocycles. The highest BCUT2D eigenvalue weighted by molar-refractivity contribution is 7.17. The number of hydrogen-bond donors (Lipinski definition) is 2. The topological polar surface area (TPSA) is 97.6 Å². The smallest absolute Gasteiger partial charge is 0.261 e. The minimum Gasteiger partial charge on any atom is -0.385 e. The Hall–Kier alpha value is -2.78. The van der Waals surface area contributed by atoms with Crippen molar-refractivity contribution in [2.45, 2.75) is 25.3 Å². The number of methoxy groups -OCH3 is 1. The number of nitrogens with one attached hydrogen (secondary N) is 2. The first-order chi connectivity index (χ1) is 13.7. The Balaban J connectivity index is 1.61. The van der Waals surface area contributed by atoms with Crippen LogP contribution in [0.5, 0.6) is 0 Å². The molecule has 9 heteroatoms. The van der Waals surface area contributed by atoms with Crippen LogP contribution in [-0.2, 0) is 4.74 Å². The maximum Gasteiger partial charge on any atom is 0.261 e. The molecule has 1 amide bonds. The summed E-state index contributed by atoms with van der Waals surface area (Å²) in [5.41, 5.74) is 1.47. The molecule has 28 heavy (non-hydrogen) atoms. The lowest BCUT2D eigenvalue weighted by Gasteiger charge is -2.05. The number of hydrogen-bond acceptors (Lipinski definition) is 7. The number of ether oxygens (including phenoxy) is 1. The quantitative estimate of drug-likeness (QED) is 0.424. The van der Waals surface area contributed by atoms with Gasteiger partial charge in [0, 0.05) is 32.5 Å². The van der Waals surface area contributed by atoms with Crippen LogP contribution in [0.4, 0.5) is 5.82 Å². The molecule has 1 aliphatic rings. The van der Waals surface area contributed by atoms with Gasteiger partial charge < -0.3 is 15.4 Å². The monoisotopic (exact) mass is 399 g/mol. The predicted octanol–water partition coefficient (Wildman–Crippen LogP) is 2.61. The largest absolute Gasteiger partial charge is 0.385 e.